The van der Waals surface area contributed by atoms with Gasteiger partial charge in [0.2, 0.25) is 5.91 Å². The maximum Gasteiger partial charge on any atom is 0.255 e. The maximum absolute atomic E-state index is 13.4. The van der Waals surface area contributed by atoms with E-state index in [1.165, 1.54) is 24.7 Å². The second-order valence-electron chi connectivity index (χ2n) is 6.37. The Morgan fingerprint density at radius 2 is 2.24 bits per heavy atom. The quantitative estimate of drug-likeness (QED) is 0.907. The average Bonchev–Trinajstić information content (AvgIpc) is 3.26. The predicted molar refractivity (Wildman–Crippen MR) is 90.5 cm³/mol. The molecule has 2 amide bonds. The zero-order valence-electron chi connectivity index (χ0n) is 14.1. The van der Waals surface area contributed by atoms with E-state index in [4.69, 9.17) is 4.42 Å². The van der Waals surface area contributed by atoms with Gasteiger partial charge in [0.05, 0.1) is 11.8 Å². The minimum absolute atomic E-state index is 0.0302. The number of nitrogens with one attached hydrogen (secondary N) is 1. The minimum Gasteiger partial charge on any atom is -0.472 e. The first-order valence-corrected chi connectivity index (χ1v) is 8.42. The fraction of sp³-hybridized carbons (Fsp3) is 0.368. The number of carbonyl (C=O) groups is 2. The van der Waals surface area contributed by atoms with Gasteiger partial charge in [0.25, 0.3) is 5.91 Å². The first-order chi connectivity index (χ1) is 12.0. The molecule has 1 fully saturated rings. The highest BCUT2D eigenvalue weighted by Gasteiger charge is 2.32. The number of likely N-dealkylation sites (tertiary alicyclic amines) is 1. The van der Waals surface area contributed by atoms with Gasteiger partial charge >= 0.3 is 0 Å². The van der Waals surface area contributed by atoms with E-state index in [-0.39, 0.29) is 23.7 Å². The van der Waals surface area contributed by atoms with Gasteiger partial charge in [-0.1, -0.05) is 12.1 Å². The van der Waals surface area contributed by atoms with Gasteiger partial charge in [-0.05, 0) is 49.9 Å². The van der Waals surface area contributed by atoms with Crippen LogP contribution in [0, 0.1) is 5.82 Å². The normalized spacial score (nSPS) is 18.2. The Morgan fingerprint density at radius 1 is 1.40 bits per heavy atom. The van der Waals surface area contributed by atoms with Crippen LogP contribution in [0.5, 0.6) is 0 Å². The third kappa shape index (κ3) is 4.07. The summed E-state index contributed by atoms with van der Waals surface area (Å²) >= 11 is 0. The van der Waals surface area contributed by atoms with Crippen molar-refractivity contribution in [1.82, 2.24) is 10.2 Å². The molecule has 0 saturated carbocycles. The molecule has 1 saturated heterocycles. The molecule has 0 aliphatic carbocycles. The van der Waals surface area contributed by atoms with Gasteiger partial charge in [0.1, 0.15) is 18.1 Å². The zero-order valence-corrected chi connectivity index (χ0v) is 14.1. The van der Waals surface area contributed by atoms with Crippen LogP contribution in [-0.4, -0.2) is 35.3 Å². The molecule has 2 unspecified atom stereocenters. The Morgan fingerprint density at radius 3 is 2.96 bits per heavy atom. The molecule has 2 heterocycles. The van der Waals surface area contributed by atoms with Gasteiger partial charge in [0, 0.05) is 12.6 Å². The number of amides is 2. The van der Waals surface area contributed by atoms with E-state index < -0.39 is 6.04 Å². The Kier molecular flexibility index (Phi) is 5.16. The lowest BCUT2D eigenvalue weighted by atomic mass is 10.0. The van der Waals surface area contributed by atoms with Crippen molar-refractivity contribution in [3.8, 4) is 0 Å². The van der Waals surface area contributed by atoms with Gasteiger partial charge < -0.3 is 14.6 Å². The molecule has 1 aromatic heterocycles. The van der Waals surface area contributed by atoms with E-state index >= 15 is 0 Å². The van der Waals surface area contributed by atoms with Crippen molar-refractivity contribution >= 4 is 11.8 Å². The minimum atomic E-state index is -0.629. The van der Waals surface area contributed by atoms with Gasteiger partial charge in [0.15, 0.2) is 0 Å². The van der Waals surface area contributed by atoms with E-state index in [1.54, 1.807) is 24.0 Å². The highest BCUT2D eigenvalue weighted by molar-refractivity contribution is 5.97. The summed E-state index contributed by atoms with van der Waals surface area (Å²) in [4.78, 5) is 26.6. The molecule has 5 nitrogen and oxygen atoms in total. The van der Waals surface area contributed by atoms with Crippen LogP contribution in [0.4, 0.5) is 4.39 Å². The predicted octanol–water partition coefficient (Wildman–Crippen LogP) is 2.77. The largest absolute Gasteiger partial charge is 0.472 e. The van der Waals surface area contributed by atoms with Crippen molar-refractivity contribution in [2.45, 2.75) is 38.3 Å². The number of halogens is 1. The molecule has 1 aliphatic rings. The molecule has 1 aliphatic heterocycles. The van der Waals surface area contributed by atoms with Crippen molar-refractivity contribution in [3.05, 3.63) is 59.8 Å². The van der Waals surface area contributed by atoms with E-state index in [9.17, 15) is 14.0 Å². The van der Waals surface area contributed by atoms with Crippen molar-refractivity contribution < 1.29 is 18.4 Å². The molecular formula is C19H21FN2O3. The number of hydrogen-bond acceptors (Lipinski definition) is 3. The molecule has 3 rings (SSSR count). The number of nitrogens with zero attached hydrogens (tertiary/aromatic N) is 1. The number of furan rings is 1. The molecular weight excluding hydrogens is 323 g/mol. The summed E-state index contributed by atoms with van der Waals surface area (Å²) in [6, 6.07) is 7.42. The Balaban J connectivity index is 1.62. The van der Waals surface area contributed by atoms with Gasteiger partial charge in [-0.3, -0.25) is 9.59 Å². The molecule has 1 N–H and O–H groups in total. The average molecular weight is 344 g/mol. The Labute approximate surface area is 145 Å². The zero-order chi connectivity index (χ0) is 17.8. The smallest absolute Gasteiger partial charge is 0.255 e. The number of benzene rings is 1. The van der Waals surface area contributed by atoms with E-state index in [0.29, 0.717) is 18.5 Å². The van der Waals surface area contributed by atoms with Crippen LogP contribution in [0.15, 0.2) is 47.3 Å². The van der Waals surface area contributed by atoms with Gasteiger partial charge in [-0.15, -0.1) is 0 Å². The summed E-state index contributed by atoms with van der Waals surface area (Å²) in [6.45, 7) is 2.34. The molecule has 2 aromatic rings. The molecule has 6 heteroatoms. The summed E-state index contributed by atoms with van der Waals surface area (Å²) in [7, 11) is 0. The topological polar surface area (TPSA) is 62.6 Å². The van der Waals surface area contributed by atoms with Crippen LogP contribution in [-0.2, 0) is 11.2 Å². The number of hydrogen-bond donors (Lipinski definition) is 1. The fourth-order valence-electron chi connectivity index (χ4n) is 3.26. The fourth-order valence-corrected chi connectivity index (χ4v) is 3.26. The lowest BCUT2D eigenvalue weighted by Gasteiger charge is -2.28. The first kappa shape index (κ1) is 17.2. The molecule has 0 radical (unpaired) electrons. The first-order valence-electron chi connectivity index (χ1n) is 8.42. The summed E-state index contributed by atoms with van der Waals surface area (Å²) < 4.78 is 18.3. The lowest BCUT2D eigenvalue weighted by molar-refractivity contribution is -0.133. The highest BCUT2D eigenvalue weighted by atomic mass is 19.1. The van der Waals surface area contributed by atoms with Gasteiger partial charge in [-0.2, -0.15) is 0 Å². The summed E-state index contributed by atoms with van der Waals surface area (Å²) in [5.74, 6) is -0.722. The summed E-state index contributed by atoms with van der Waals surface area (Å²) in [5.41, 5.74) is 1.26. The second kappa shape index (κ2) is 7.51. The van der Waals surface area contributed by atoms with Crippen LogP contribution in [0.25, 0.3) is 0 Å². The maximum atomic E-state index is 13.4. The van der Waals surface area contributed by atoms with Gasteiger partial charge in [-0.25, -0.2) is 4.39 Å². The van der Waals surface area contributed by atoms with E-state index in [1.807, 2.05) is 6.07 Å². The molecule has 2 atom stereocenters. The number of rotatable bonds is 5. The molecule has 132 valence electrons. The van der Waals surface area contributed by atoms with Crippen molar-refractivity contribution in [2.75, 3.05) is 6.54 Å². The molecule has 25 heavy (non-hydrogen) atoms. The van der Waals surface area contributed by atoms with E-state index in [0.717, 1.165) is 18.4 Å². The lowest BCUT2D eigenvalue weighted by Crippen LogP contribution is -2.49. The number of carbonyl (C=O) groups excluding carboxylic acids is 2. The highest BCUT2D eigenvalue weighted by Crippen LogP contribution is 2.22. The summed E-state index contributed by atoms with van der Waals surface area (Å²) in [5, 5.41) is 2.70. The Bertz CT molecular complexity index is 745. The van der Waals surface area contributed by atoms with Crippen LogP contribution < -0.4 is 5.32 Å². The molecule has 0 spiro atoms. The molecule has 0 bridgehead atoms. The van der Waals surface area contributed by atoms with Crippen LogP contribution >= 0.6 is 0 Å². The third-order valence-corrected chi connectivity index (χ3v) is 4.52. The summed E-state index contributed by atoms with van der Waals surface area (Å²) in [6.07, 6.45) is 5.16. The molecule has 1 aromatic carbocycles. The van der Waals surface area contributed by atoms with Crippen molar-refractivity contribution in [1.29, 1.82) is 0 Å². The van der Waals surface area contributed by atoms with Crippen LogP contribution in [0.1, 0.15) is 35.7 Å². The SMILES string of the molecule is CC(NC(=O)c1ccoc1)C(=O)N1CCCC1Cc1cccc(F)c1. The second-order valence-corrected chi connectivity index (χ2v) is 6.37. The van der Waals surface area contributed by atoms with Crippen LogP contribution in [0.2, 0.25) is 0 Å². The van der Waals surface area contributed by atoms with Crippen LogP contribution in [0.3, 0.4) is 0 Å². The standard InChI is InChI=1S/C19H21FN2O3/c1-13(21-18(23)15-7-9-25-12-15)19(24)22-8-3-6-17(22)11-14-4-2-5-16(20)10-14/h2,4-5,7,9-10,12-13,17H,3,6,8,11H2,1H3,(H,21,23). The monoisotopic (exact) mass is 344 g/mol. The van der Waals surface area contributed by atoms with E-state index in [2.05, 4.69) is 5.32 Å². The third-order valence-electron chi connectivity index (χ3n) is 4.52. The van der Waals surface area contributed by atoms with Crippen molar-refractivity contribution in [3.63, 3.8) is 0 Å². The Hall–Kier alpha value is -2.63. The van der Waals surface area contributed by atoms with Crippen molar-refractivity contribution in [2.24, 2.45) is 0 Å².